The van der Waals surface area contributed by atoms with E-state index in [1.54, 1.807) is 0 Å². The van der Waals surface area contributed by atoms with Crippen molar-refractivity contribution in [2.24, 2.45) is 5.10 Å². The van der Waals surface area contributed by atoms with Gasteiger partial charge in [0.25, 0.3) is 0 Å². The minimum atomic E-state index is -0.659. The molecule has 1 aliphatic heterocycles. The molecule has 14 heavy (non-hydrogen) atoms. The van der Waals surface area contributed by atoms with E-state index in [1.165, 1.54) is 0 Å². The molecular weight excluding hydrogens is 248 g/mol. The van der Waals surface area contributed by atoms with Crippen molar-refractivity contribution in [2.45, 2.75) is 6.23 Å². The molecule has 0 aliphatic carbocycles. The molecule has 1 heterocycles. The molecule has 1 unspecified atom stereocenters. The van der Waals surface area contributed by atoms with Gasteiger partial charge in [0.15, 0.2) is 6.29 Å². The van der Waals surface area contributed by atoms with Crippen LogP contribution in [0.25, 0.3) is 0 Å². The number of carbonyl (C=O) groups excluding carboxylic acids is 1. The highest BCUT2D eigenvalue weighted by molar-refractivity contribution is 9.10. The van der Waals surface area contributed by atoms with Crippen molar-refractivity contribution >= 4 is 28.1 Å². The fraction of sp³-hybridized carbons (Fsp3) is 0.111. The Bertz CT molecular complexity index is 375. The summed E-state index contributed by atoms with van der Waals surface area (Å²) in [6.45, 7) is 0. The van der Waals surface area contributed by atoms with Crippen LogP contribution in [-0.4, -0.2) is 18.4 Å². The molecule has 1 aromatic rings. The molecule has 0 fully saturated rings. The van der Waals surface area contributed by atoms with E-state index >= 15 is 0 Å². The van der Waals surface area contributed by atoms with E-state index in [0.717, 1.165) is 10.0 Å². The Balaban J connectivity index is 2.17. The van der Waals surface area contributed by atoms with Crippen LogP contribution in [0.2, 0.25) is 0 Å². The van der Waals surface area contributed by atoms with Crippen molar-refractivity contribution in [2.75, 3.05) is 0 Å². The van der Waals surface area contributed by atoms with E-state index in [9.17, 15) is 4.79 Å². The fourth-order valence-electron chi connectivity index (χ4n) is 1.08. The third-order valence-electron chi connectivity index (χ3n) is 1.75. The van der Waals surface area contributed by atoms with Crippen molar-refractivity contribution in [3.05, 3.63) is 34.3 Å². The molecule has 0 saturated carbocycles. The molecule has 0 spiro atoms. The second-order valence-corrected chi connectivity index (χ2v) is 3.64. The molecule has 4 nitrogen and oxygen atoms in total. The van der Waals surface area contributed by atoms with Crippen molar-refractivity contribution in [3.63, 3.8) is 0 Å². The van der Waals surface area contributed by atoms with Crippen LogP contribution in [0.5, 0.6) is 0 Å². The summed E-state index contributed by atoms with van der Waals surface area (Å²) in [5, 5.41) is 3.89. The molecule has 0 radical (unpaired) electrons. The minimum Gasteiger partial charge on any atom is -0.444 e. The first kappa shape index (κ1) is 9.21. The predicted octanol–water partition coefficient (Wildman–Crippen LogP) is 1.26. The summed E-state index contributed by atoms with van der Waals surface area (Å²) < 4.78 is 6.18. The molecule has 1 N–H and O–H groups in total. The molecule has 0 aromatic heterocycles. The molecule has 1 atom stereocenters. The van der Waals surface area contributed by atoms with Gasteiger partial charge in [-0.3, -0.25) is 10.2 Å². The Morgan fingerprint density at radius 3 is 2.71 bits per heavy atom. The number of carbonyl (C=O) groups is 1. The van der Waals surface area contributed by atoms with Crippen LogP contribution in [0.4, 0.5) is 0 Å². The molecule has 2 rings (SSSR count). The summed E-state index contributed by atoms with van der Waals surface area (Å²) in [6.07, 6.45) is 0.00340. The van der Waals surface area contributed by atoms with Gasteiger partial charge in [0.05, 0.1) is 0 Å². The first-order chi connectivity index (χ1) is 6.79. The van der Waals surface area contributed by atoms with Crippen LogP contribution >= 0.6 is 15.9 Å². The summed E-state index contributed by atoms with van der Waals surface area (Å²) in [5.74, 6) is 0.439. The normalized spacial score (nSPS) is 19.5. The number of nitrogens with one attached hydrogen (secondary N) is 1. The molecule has 0 amide bonds. The standard InChI is InChI=1S/C9H7BrN2O2/c10-7-3-1-6(2-4-7)9-12-11-8(5-13)14-9/h1-5,8,11H. The molecule has 1 aliphatic rings. The lowest BCUT2D eigenvalue weighted by molar-refractivity contribution is -0.114. The number of hydrogen-bond acceptors (Lipinski definition) is 4. The first-order valence-electron chi connectivity index (χ1n) is 4.01. The van der Waals surface area contributed by atoms with Crippen molar-refractivity contribution in [1.29, 1.82) is 0 Å². The maximum atomic E-state index is 10.4. The van der Waals surface area contributed by atoms with Crippen LogP contribution in [-0.2, 0) is 9.53 Å². The highest BCUT2D eigenvalue weighted by Gasteiger charge is 2.18. The van der Waals surface area contributed by atoms with Crippen LogP contribution in [0.1, 0.15) is 5.56 Å². The van der Waals surface area contributed by atoms with Gasteiger partial charge in [-0.15, -0.1) is 5.10 Å². The Morgan fingerprint density at radius 2 is 2.14 bits per heavy atom. The third kappa shape index (κ3) is 1.77. The Morgan fingerprint density at radius 1 is 1.43 bits per heavy atom. The maximum Gasteiger partial charge on any atom is 0.242 e. The van der Waals surface area contributed by atoms with Gasteiger partial charge < -0.3 is 4.74 Å². The predicted molar refractivity (Wildman–Crippen MR) is 54.8 cm³/mol. The molecule has 0 bridgehead atoms. The van der Waals surface area contributed by atoms with Crippen LogP contribution in [0.3, 0.4) is 0 Å². The van der Waals surface area contributed by atoms with Gasteiger partial charge in [-0.25, -0.2) is 0 Å². The molecular formula is C9H7BrN2O2. The van der Waals surface area contributed by atoms with Gasteiger partial charge in [-0.05, 0) is 24.3 Å². The highest BCUT2D eigenvalue weighted by atomic mass is 79.9. The Hall–Kier alpha value is -1.36. The summed E-state index contributed by atoms with van der Waals surface area (Å²) in [5.41, 5.74) is 3.39. The van der Waals surface area contributed by atoms with E-state index in [4.69, 9.17) is 4.74 Å². The molecule has 1 aromatic carbocycles. The molecule has 5 heteroatoms. The summed E-state index contributed by atoms with van der Waals surface area (Å²) in [4.78, 5) is 10.4. The average Bonchev–Trinajstić information content (AvgIpc) is 2.67. The number of nitrogens with zero attached hydrogens (tertiary/aromatic N) is 1. The lowest BCUT2D eigenvalue weighted by atomic mass is 10.2. The lowest BCUT2D eigenvalue weighted by Gasteiger charge is -2.03. The zero-order valence-corrected chi connectivity index (χ0v) is 8.69. The topological polar surface area (TPSA) is 50.7 Å². The highest BCUT2D eigenvalue weighted by Crippen LogP contribution is 2.13. The van der Waals surface area contributed by atoms with Gasteiger partial charge in [0.1, 0.15) is 0 Å². The number of halogens is 1. The summed E-state index contributed by atoms with van der Waals surface area (Å²) in [6, 6.07) is 7.49. The van der Waals surface area contributed by atoms with E-state index in [0.29, 0.717) is 12.2 Å². The maximum absolute atomic E-state index is 10.4. The van der Waals surface area contributed by atoms with Gasteiger partial charge in [0, 0.05) is 10.0 Å². The average molecular weight is 255 g/mol. The SMILES string of the molecule is O=CC1NN=C(c2ccc(Br)cc2)O1. The number of rotatable bonds is 2. The van der Waals surface area contributed by atoms with E-state index in [1.807, 2.05) is 24.3 Å². The van der Waals surface area contributed by atoms with E-state index in [-0.39, 0.29) is 0 Å². The van der Waals surface area contributed by atoms with Gasteiger partial charge in [0.2, 0.25) is 12.1 Å². The number of benzene rings is 1. The second kappa shape index (κ2) is 3.79. The van der Waals surface area contributed by atoms with E-state index in [2.05, 4.69) is 26.5 Å². The number of aldehydes is 1. The van der Waals surface area contributed by atoms with Crippen molar-refractivity contribution in [1.82, 2.24) is 5.43 Å². The number of hydrogen-bond donors (Lipinski definition) is 1. The number of ether oxygens (including phenoxy) is 1. The Labute approximate surface area is 89.1 Å². The van der Waals surface area contributed by atoms with Gasteiger partial charge in [-0.2, -0.15) is 0 Å². The van der Waals surface area contributed by atoms with Crippen molar-refractivity contribution in [3.8, 4) is 0 Å². The quantitative estimate of drug-likeness (QED) is 0.809. The Kier molecular flexibility index (Phi) is 2.49. The zero-order valence-electron chi connectivity index (χ0n) is 7.11. The second-order valence-electron chi connectivity index (χ2n) is 2.73. The van der Waals surface area contributed by atoms with Crippen LogP contribution in [0.15, 0.2) is 33.8 Å². The van der Waals surface area contributed by atoms with Crippen molar-refractivity contribution < 1.29 is 9.53 Å². The lowest BCUT2D eigenvalue weighted by Crippen LogP contribution is -2.23. The number of hydrazone groups is 1. The largest absolute Gasteiger partial charge is 0.444 e. The third-order valence-corrected chi connectivity index (χ3v) is 2.28. The minimum absolute atomic E-state index is 0.439. The first-order valence-corrected chi connectivity index (χ1v) is 4.80. The van der Waals surface area contributed by atoms with Crippen LogP contribution < -0.4 is 5.43 Å². The monoisotopic (exact) mass is 254 g/mol. The molecule has 0 saturated heterocycles. The van der Waals surface area contributed by atoms with Gasteiger partial charge in [-0.1, -0.05) is 15.9 Å². The molecule has 72 valence electrons. The summed E-state index contributed by atoms with van der Waals surface area (Å²) in [7, 11) is 0. The zero-order chi connectivity index (χ0) is 9.97. The fourth-order valence-corrected chi connectivity index (χ4v) is 1.34. The smallest absolute Gasteiger partial charge is 0.242 e. The summed E-state index contributed by atoms with van der Waals surface area (Å²) >= 11 is 3.33. The van der Waals surface area contributed by atoms with Crippen LogP contribution in [0, 0.1) is 0 Å². The van der Waals surface area contributed by atoms with E-state index < -0.39 is 6.23 Å². The van der Waals surface area contributed by atoms with Gasteiger partial charge >= 0.3 is 0 Å².